The van der Waals surface area contributed by atoms with Gasteiger partial charge in [-0.15, -0.1) is 0 Å². The monoisotopic (exact) mass is 473 g/mol. The Labute approximate surface area is 199 Å². The van der Waals surface area contributed by atoms with Crippen LogP contribution in [0.2, 0.25) is 0 Å². The van der Waals surface area contributed by atoms with Crippen molar-refractivity contribution in [2.75, 3.05) is 14.2 Å². The van der Waals surface area contributed by atoms with Gasteiger partial charge in [0.1, 0.15) is 11.5 Å². The normalized spacial score (nSPS) is 17.6. The lowest BCUT2D eigenvalue weighted by Crippen LogP contribution is -2.39. The minimum Gasteiger partial charge on any atom is -0.497 e. The summed E-state index contributed by atoms with van der Waals surface area (Å²) in [6.07, 6.45) is -0.133. The average molecular weight is 474 g/mol. The number of thioether (sulfide) groups is 1. The molecule has 0 fully saturated rings. The number of carbonyl (C=O) groups is 2. The molecule has 8 nitrogen and oxygen atoms in total. The van der Waals surface area contributed by atoms with Gasteiger partial charge in [-0.25, -0.2) is 9.79 Å². The molecule has 0 radical (unpaired) electrons. The van der Waals surface area contributed by atoms with Gasteiger partial charge in [0, 0.05) is 23.4 Å². The standard InChI is InChI=1S/C24H31N3O5S/c1-13(2)25-20(28)10-16-12-33-24-26-15(5)21(23(29)32-14(3)4)22(27(16)24)18-9-8-17(30-6)11-19(18)31-7/h8-9,11-14,22H,10H2,1-7H3,(H,25,28). The molecule has 1 atom stereocenters. The number of allylic oxidation sites excluding steroid dienone is 1. The zero-order valence-corrected chi connectivity index (χ0v) is 20.9. The molecule has 9 heteroatoms. The maximum Gasteiger partial charge on any atom is 0.338 e. The molecule has 0 aromatic heterocycles. The van der Waals surface area contributed by atoms with Crippen molar-refractivity contribution < 1.29 is 23.8 Å². The molecule has 178 valence electrons. The number of esters is 1. The summed E-state index contributed by atoms with van der Waals surface area (Å²) in [5.41, 5.74) is 2.48. The maximum absolute atomic E-state index is 13.2. The van der Waals surface area contributed by atoms with Crippen LogP contribution in [0.1, 0.15) is 52.6 Å². The molecule has 0 spiro atoms. The Kier molecular flexibility index (Phi) is 7.73. The molecular weight excluding hydrogens is 442 g/mol. The molecule has 2 heterocycles. The zero-order chi connectivity index (χ0) is 24.3. The van der Waals surface area contributed by atoms with Crippen molar-refractivity contribution in [1.82, 2.24) is 10.2 Å². The van der Waals surface area contributed by atoms with E-state index in [1.807, 2.05) is 50.1 Å². The number of methoxy groups -OCH3 is 2. The number of ether oxygens (including phenoxy) is 3. The fraction of sp³-hybridized carbons (Fsp3) is 0.458. The lowest BCUT2D eigenvalue weighted by atomic mass is 9.93. The molecule has 1 unspecified atom stereocenters. The maximum atomic E-state index is 13.2. The molecule has 1 aromatic rings. The van der Waals surface area contributed by atoms with Crippen molar-refractivity contribution in [3.63, 3.8) is 0 Å². The summed E-state index contributed by atoms with van der Waals surface area (Å²) in [6.45, 7) is 9.25. The summed E-state index contributed by atoms with van der Waals surface area (Å²) in [5, 5.41) is 5.53. The van der Waals surface area contributed by atoms with Crippen LogP contribution in [0, 0.1) is 0 Å². The number of carbonyl (C=O) groups excluding carboxylic acids is 2. The number of fused-ring (bicyclic) bond motifs is 1. The Morgan fingerprint density at radius 1 is 1.18 bits per heavy atom. The summed E-state index contributed by atoms with van der Waals surface area (Å²) < 4.78 is 16.6. The molecule has 33 heavy (non-hydrogen) atoms. The molecule has 1 N–H and O–H groups in total. The van der Waals surface area contributed by atoms with Gasteiger partial charge in [0.05, 0.1) is 44.1 Å². The topological polar surface area (TPSA) is 89.5 Å². The summed E-state index contributed by atoms with van der Waals surface area (Å²) in [7, 11) is 3.16. The molecule has 1 amide bonds. The predicted octanol–water partition coefficient (Wildman–Crippen LogP) is 4.15. The van der Waals surface area contributed by atoms with Crippen molar-refractivity contribution in [3.8, 4) is 11.5 Å². The van der Waals surface area contributed by atoms with Gasteiger partial charge in [-0.2, -0.15) is 0 Å². The second-order valence-electron chi connectivity index (χ2n) is 8.35. The van der Waals surface area contributed by atoms with Gasteiger partial charge < -0.3 is 24.4 Å². The number of nitrogens with one attached hydrogen (secondary N) is 1. The second kappa shape index (κ2) is 10.3. The molecule has 0 bridgehead atoms. The van der Waals surface area contributed by atoms with E-state index < -0.39 is 12.0 Å². The van der Waals surface area contributed by atoms with Crippen LogP contribution >= 0.6 is 11.8 Å². The number of amides is 1. The molecule has 1 aromatic carbocycles. The first-order valence-corrected chi connectivity index (χ1v) is 11.7. The quantitative estimate of drug-likeness (QED) is 0.568. The van der Waals surface area contributed by atoms with Gasteiger partial charge >= 0.3 is 5.97 Å². The second-order valence-corrected chi connectivity index (χ2v) is 9.19. The minimum absolute atomic E-state index is 0.0258. The van der Waals surface area contributed by atoms with Crippen molar-refractivity contribution in [2.24, 2.45) is 4.99 Å². The Morgan fingerprint density at radius 2 is 1.91 bits per heavy atom. The third-order valence-electron chi connectivity index (χ3n) is 5.09. The fourth-order valence-electron chi connectivity index (χ4n) is 3.78. The van der Waals surface area contributed by atoms with Crippen molar-refractivity contribution in [2.45, 2.75) is 59.2 Å². The van der Waals surface area contributed by atoms with E-state index in [0.717, 1.165) is 11.3 Å². The molecule has 2 aliphatic rings. The van der Waals surface area contributed by atoms with E-state index in [-0.39, 0.29) is 24.5 Å². The predicted molar refractivity (Wildman–Crippen MR) is 129 cm³/mol. The number of rotatable bonds is 8. The number of amidine groups is 1. The van der Waals surface area contributed by atoms with Crippen LogP contribution in [-0.2, 0) is 14.3 Å². The first-order chi connectivity index (χ1) is 15.7. The van der Waals surface area contributed by atoms with E-state index in [0.29, 0.717) is 27.9 Å². The first-order valence-electron chi connectivity index (χ1n) is 10.8. The molecule has 2 aliphatic heterocycles. The Bertz CT molecular complexity index is 1030. The van der Waals surface area contributed by atoms with Gasteiger partial charge in [-0.1, -0.05) is 11.8 Å². The highest BCUT2D eigenvalue weighted by atomic mass is 32.2. The largest absolute Gasteiger partial charge is 0.497 e. The third-order valence-corrected chi connectivity index (χ3v) is 5.98. The smallest absolute Gasteiger partial charge is 0.338 e. The number of hydrogen-bond acceptors (Lipinski definition) is 8. The van der Waals surface area contributed by atoms with Gasteiger partial charge in [-0.3, -0.25) is 4.79 Å². The van der Waals surface area contributed by atoms with Crippen LogP contribution in [0.15, 0.2) is 45.6 Å². The highest BCUT2D eigenvalue weighted by Gasteiger charge is 2.42. The molecular formula is C24H31N3O5S. The Hall–Kier alpha value is -2.94. The number of aliphatic imine (C=N–C) groups is 1. The lowest BCUT2D eigenvalue weighted by molar-refractivity contribution is -0.143. The number of nitrogens with zero attached hydrogens (tertiary/aromatic N) is 2. The SMILES string of the molecule is COc1ccc(C2C(C(=O)OC(C)C)=C(C)N=C3SC=C(CC(=O)NC(C)C)N32)c(OC)c1. The third kappa shape index (κ3) is 5.35. The average Bonchev–Trinajstić information content (AvgIpc) is 3.12. The fourth-order valence-corrected chi connectivity index (χ4v) is 4.75. The summed E-state index contributed by atoms with van der Waals surface area (Å²) in [5.74, 6) is 0.647. The molecule has 3 rings (SSSR count). The van der Waals surface area contributed by atoms with E-state index in [1.165, 1.54) is 11.8 Å². The number of hydrogen-bond donors (Lipinski definition) is 1. The molecule has 0 saturated carbocycles. The van der Waals surface area contributed by atoms with Gasteiger partial charge in [0.15, 0.2) is 5.17 Å². The van der Waals surface area contributed by atoms with Gasteiger partial charge in [0.25, 0.3) is 0 Å². The highest BCUT2D eigenvalue weighted by molar-refractivity contribution is 8.16. The van der Waals surface area contributed by atoms with E-state index in [1.54, 1.807) is 27.2 Å². The van der Waals surface area contributed by atoms with E-state index in [2.05, 4.69) is 10.3 Å². The van der Waals surface area contributed by atoms with Crippen LogP contribution in [0.3, 0.4) is 0 Å². The van der Waals surface area contributed by atoms with E-state index in [4.69, 9.17) is 14.2 Å². The van der Waals surface area contributed by atoms with Crippen molar-refractivity contribution >= 4 is 28.8 Å². The van der Waals surface area contributed by atoms with Crippen LogP contribution < -0.4 is 14.8 Å². The van der Waals surface area contributed by atoms with Gasteiger partial charge in [-0.05, 0) is 52.2 Å². The zero-order valence-electron chi connectivity index (χ0n) is 20.1. The van der Waals surface area contributed by atoms with E-state index >= 15 is 0 Å². The van der Waals surface area contributed by atoms with Crippen LogP contribution in [0.5, 0.6) is 11.5 Å². The summed E-state index contributed by atoms with van der Waals surface area (Å²) >= 11 is 1.43. The minimum atomic E-state index is -0.572. The first kappa shape index (κ1) is 24.7. The lowest BCUT2D eigenvalue weighted by Gasteiger charge is -2.37. The van der Waals surface area contributed by atoms with Crippen molar-refractivity contribution in [1.29, 1.82) is 0 Å². The number of benzene rings is 1. The van der Waals surface area contributed by atoms with Crippen LogP contribution in [0.4, 0.5) is 0 Å². The van der Waals surface area contributed by atoms with Gasteiger partial charge in [0.2, 0.25) is 5.91 Å². The van der Waals surface area contributed by atoms with Crippen molar-refractivity contribution in [3.05, 3.63) is 46.1 Å². The Balaban J connectivity index is 2.12. The Morgan fingerprint density at radius 3 is 2.52 bits per heavy atom. The molecule has 0 saturated heterocycles. The van der Waals surface area contributed by atoms with Crippen LogP contribution in [0.25, 0.3) is 0 Å². The summed E-state index contributed by atoms with van der Waals surface area (Å²) in [6, 6.07) is 4.92. The van der Waals surface area contributed by atoms with E-state index in [9.17, 15) is 9.59 Å². The molecule has 0 aliphatic carbocycles. The summed E-state index contributed by atoms with van der Waals surface area (Å²) in [4.78, 5) is 32.4. The highest BCUT2D eigenvalue weighted by Crippen LogP contribution is 2.47. The van der Waals surface area contributed by atoms with Crippen LogP contribution in [-0.4, -0.2) is 48.3 Å².